The number of quaternary nitrogens is 1. The quantitative estimate of drug-likeness (QED) is 0.519. The van der Waals surface area contributed by atoms with Gasteiger partial charge in [-0.3, -0.25) is 4.90 Å². The third kappa shape index (κ3) is 3.76. The van der Waals surface area contributed by atoms with E-state index in [1.54, 1.807) is 0 Å². The van der Waals surface area contributed by atoms with Crippen molar-refractivity contribution in [3.05, 3.63) is 60.2 Å². The van der Waals surface area contributed by atoms with Crippen molar-refractivity contribution in [2.75, 3.05) is 46.9 Å². The van der Waals surface area contributed by atoms with E-state index < -0.39 is 0 Å². The smallest absolute Gasteiger partial charge is 0.410 e. The molecule has 0 unspecified atom stereocenters. The zero-order chi connectivity index (χ0) is 18.9. The molecule has 1 amide bonds. The first-order valence-corrected chi connectivity index (χ1v) is 9.67. The average molecular weight is 363 g/mol. The van der Waals surface area contributed by atoms with E-state index >= 15 is 0 Å². The summed E-state index contributed by atoms with van der Waals surface area (Å²) in [5.74, 6) is 0. The predicted molar refractivity (Wildman–Crippen MR) is 110 cm³/mol. The first-order valence-electron chi connectivity index (χ1n) is 9.67. The Morgan fingerprint density at radius 1 is 0.963 bits per heavy atom. The second-order valence-electron chi connectivity index (χ2n) is 8.03. The third-order valence-electron chi connectivity index (χ3n) is 5.67. The Labute approximate surface area is 160 Å². The van der Waals surface area contributed by atoms with Crippen molar-refractivity contribution < 1.29 is 14.0 Å². The molecule has 140 valence electrons. The molecule has 1 fully saturated rings. The number of carbonyl (C=O) groups excluding carboxylic acids is 1. The van der Waals surface area contributed by atoms with Crippen LogP contribution in [-0.4, -0.2) is 62.4 Å². The fourth-order valence-electron chi connectivity index (χ4n) is 3.90. The van der Waals surface area contributed by atoms with Gasteiger partial charge in [0.05, 0.1) is 46.9 Å². The molecule has 0 bridgehead atoms. The Hall–Kier alpha value is -2.59. The molecule has 0 atom stereocenters. The number of hydrogen-bond donors (Lipinski definition) is 0. The predicted octanol–water partition coefficient (Wildman–Crippen LogP) is 4.06. The van der Waals surface area contributed by atoms with Gasteiger partial charge in [0.15, 0.2) is 0 Å². The van der Waals surface area contributed by atoms with E-state index in [1.165, 1.54) is 27.1 Å². The number of fused-ring (bicyclic) bond motifs is 2. The van der Waals surface area contributed by atoms with Crippen molar-refractivity contribution in [2.45, 2.75) is 6.42 Å². The molecule has 0 radical (unpaired) electrons. The van der Waals surface area contributed by atoms with E-state index in [9.17, 15) is 4.79 Å². The number of carbonyl (C=O) groups is 1. The molecule has 1 aliphatic rings. The van der Waals surface area contributed by atoms with Crippen LogP contribution in [0, 0.1) is 0 Å². The van der Waals surface area contributed by atoms with E-state index in [0.29, 0.717) is 6.61 Å². The largest absolute Gasteiger partial charge is 0.449 e. The minimum Gasteiger partial charge on any atom is -0.449 e. The van der Waals surface area contributed by atoms with Crippen LogP contribution in [0.25, 0.3) is 21.5 Å². The standard InChI is InChI=1S/C23H27N2O2/c1-25(2)14-12-24(13-15-25)23(26)27-16-11-22-20-9-5-3-7-18(20)17-19-8-4-6-10-21(19)22/h3-10,17H,11-16H2,1-2H3/q+1. The van der Waals surface area contributed by atoms with E-state index in [1.807, 2.05) is 4.90 Å². The van der Waals surface area contributed by atoms with Gasteiger partial charge in [-0.25, -0.2) is 4.79 Å². The molecule has 3 aromatic rings. The fourth-order valence-corrected chi connectivity index (χ4v) is 3.90. The van der Waals surface area contributed by atoms with Crippen LogP contribution in [0.4, 0.5) is 4.79 Å². The van der Waals surface area contributed by atoms with Crippen LogP contribution in [0.2, 0.25) is 0 Å². The summed E-state index contributed by atoms with van der Waals surface area (Å²) in [7, 11) is 4.41. The minimum atomic E-state index is -0.181. The molecule has 4 nitrogen and oxygen atoms in total. The summed E-state index contributed by atoms with van der Waals surface area (Å²) in [5, 5.41) is 4.94. The SMILES string of the molecule is C[N+]1(C)CCN(C(=O)OCCc2c3ccccc3cc3ccccc23)CC1. The first kappa shape index (κ1) is 17.8. The first-order chi connectivity index (χ1) is 13.0. The molecule has 0 aromatic heterocycles. The van der Waals surface area contributed by atoms with Gasteiger partial charge in [0.2, 0.25) is 0 Å². The number of likely N-dealkylation sites (N-methyl/N-ethyl adjacent to an activating group) is 1. The lowest BCUT2D eigenvalue weighted by Crippen LogP contribution is -2.56. The monoisotopic (exact) mass is 363 g/mol. The highest BCUT2D eigenvalue weighted by Gasteiger charge is 2.28. The topological polar surface area (TPSA) is 29.5 Å². The van der Waals surface area contributed by atoms with Crippen LogP contribution in [-0.2, 0) is 11.2 Å². The van der Waals surface area contributed by atoms with Crippen LogP contribution in [0.5, 0.6) is 0 Å². The van der Waals surface area contributed by atoms with Gasteiger partial charge in [-0.1, -0.05) is 48.5 Å². The van der Waals surface area contributed by atoms with Gasteiger partial charge in [-0.05, 0) is 33.2 Å². The van der Waals surface area contributed by atoms with Crippen LogP contribution < -0.4 is 0 Å². The normalized spacial score (nSPS) is 16.6. The highest BCUT2D eigenvalue weighted by atomic mass is 16.6. The van der Waals surface area contributed by atoms with Crippen molar-refractivity contribution in [2.24, 2.45) is 0 Å². The van der Waals surface area contributed by atoms with Gasteiger partial charge in [0.1, 0.15) is 0 Å². The second kappa shape index (κ2) is 7.20. The van der Waals surface area contributed by atoms with Crippen LogP contribution >= 0.6 is 0 Å². The zero-order valence-corrected chi connectivity index (χ0v) is 16.1. The molecular formula is C23H27N2O2+. The van der Waals surface area contributed by atoms with Crippen molar-refractivity contribution >= 4 is 27.6 Å². The van der Waals surface area contributed by atoms with Gasteiger partial charge in [-0.2, -0.15) is 0 Å². The van der Waals surface area contributed by atoms with Gasteiger partial charge >= 0.3 is 6.09 Å². The summed E-state index contributed by atoms with van der Waals surface area (Å²) in [6, 6.07) is 19.1. The maximum absolute atomic E-state index is 12.4. The van der Waals surface area contributed by atoms with E-state index in [2.05, 4.69) is 68.7 Å². The summed E-state index contributed by atoms with van der Waals surface area (Å²) in [6.07, 6.45) is 0.544. The van der Waals surface area contributed by atoms with Crippen molar-refractivity contribution in [3.63, 3.8) is 0 Å². The molecule has 0 saturated carbocycles. The Morgan fingerprint density at radius 3 is 2.11 bits per heavy atom. The number of benzene rings is 3. The molecule has 1 aliphatic heterocycles. The molecule has 4 heteroatoms. The van der Waals surface area contributed by atoms with E-state index in [4.69, 9.17) is 4.74 Å². The summed E-state index contributed by atoms with van der Waals surface area (Å²) in [6.45, 7) is 3.89. The summed E-state index contributed by atoms with van der Waals surface area (Å²) < 4.78 is 6.60. The molecule has 3 aromatic carbocycles. The molecule has 27 heavy (non-hydrogen) atoms. The van der Waals surface area contributed by atoms with Gasteiger partial charge in [0, 0.05) is 6.42 Å². The number of hydrogen-bond acceptors (Lipinski definition) is 2. The van der Waals surface area contributed by atoms with Crippen LogP contribution in [0.1, 0.15) is 5.56 Å². The van der Waals surface area contributed by atoms with Gasteiger partial charge in [0.25, 0.3) is 0 Å². The lowest BCUT2D eigenvalue weighted by Gasteiger charge is -2.38. The highest BCUT2D eigenvalue weighted by molar-refractivity contribution is 6.02. The average Bonchev–Trinajstić information content (AvgIpc) is 2.67. The van der Waals surface area contributed by atoms with Crippen molar-refractivity contribution in [3.8, 4) is 0 Å². The maximum Gasteiger partial charge on any atom is 0.410 e. The fraction of sp³-hybridized carbons (Fsp3) is 0.348. The van der Waals surface area contributed by atoms with E-state index in [-0.39, 0.29) is 6.09 Å². The van der Waals surface area contributed by atoms with Crippen molar-refractivity contribution in [1.82, 2.24) is 4.90 Å². The second-order valence-corrected chi connectivity index (χ2v) is 8.03. The van der Waals surface area contributed by atoms with Crippen molar-refractivity contribution in [1.29, 1.82) is 0 Å². The Balaban J connectivity index is 1.49. The molecular weight excluding hydrogens is 336 g/mol. The highest BCUT2D eigenvalue weighted by Crippen LogP contribution is 2.28. The van der Waals surface area contributed by atoms with Crippen LogP contribution in [0.15, 0.2) is 54.6 Å². The summed E-state index contributed by atoms with van der Waals surface area (Å²) >= 11 is 0. The van der Waals surface area contributed by atoms with Crippen LogP contribution in [0.3, 0.4) is 0 Å². The third-order valence-corrected chi connectivity index (χ3v) is 5.67. The number of ether oxygens (including phenoxy) is 1. The molecule has 4 rings (SSSR count). The number of amides is 1. The minimum absolute atomic E-state index is 0.181. The maximum atomic E-state index is 12.4. The van der Waals surface area contributed by atoms with Gasteiger partial charge in [-0.15, -0.1) is 0 Å². The molecule has 1 heterocycles. The lowest BCUT2D eigenvalue weighted by atomic mass is 9.95. The van der Waals surface area contributed by atoms with Gasteiger partial charge < -0.3 is 9.22 Å². The Bertz CT molecular complexity index is 916. The summed E-state index contributed by atoms with van der Waals surface area (Å²) in [4.78, 5) is 14.3. The summed E-state index contributed by atoms with van der Waals surface area (Å²) in [5.41, 5.74) is 1.26. The number of rotatable bonds is 3. The molecule has 0 aliphatic carbocycles. The number of piperazine rings is 1. The molecule has 0 spiro atoms. The zero-order valence-electron chi connectivity index (χ0n) is 16.1. The lowest BCUT2D eigenvalue weighted by molar-refractivity contribution is -0.894. The molecule has 0 N–H and O–H groups in total. The Morgan fingerprint density at radius 2 is 1.52 bits per heavy atom. The van der Waals surface area contributed by atoms with E-state index in [0.717, 1.165) is 37.1 Å². The Kier molecular flexibility index (Phi) is 4.75. The molecule has 1 saturated heterocycles. The number of nitrogens with zero attached hydrogens (tertiary/aromatic N) is 2.